The molecule has 1 aromatic carbocycles. The van der Waals surface area contributed by atoms with Gasteiger partial charge in [0.25, 0.3) is 0 Å². The van der Waals surface area contributed by atoms with Crippen molar-refractivity contribution >= 4 is 23.1 Å². The number of halogens is 3. The van der Waals surface area contributed by atoms with Gasteiger partial charge in [0.05, 0.1) is 16.9 Å². The average molecular weight is 360 g/mol. The van der Waals surface area contributed by atoms with Crippen LogP contribution < -0.4 is 5.73 Å². The number of carbonyl (C=O) groups is 1. The first-order valence-electron chi connectivity index (χ1n) is 7.30. The maximum Gasteiger partial charge on any atom is 0.187 e. The molecule has 0 unspecified atom stereocenters. The van der Waals surface area contributed by atoms with E-state index in [0.717, 1.165) is 12.1 Å². The van der Waals surface area contributed by atoms with Crippen molar-refractivity contribution in [1.82, 2.24) is 9.97 Å². The lowest BCUT2D eigenvalue weighted by molar-refractivity contribution is 0.0989. The number of nitrogens with zero attached hydrogens (tertiary/aromatic N) is 2. The minimum absolute atomic E-state index is 0.00886. The second kappa shape index (κ2) is 6.94. The van der Waals surface area contributed by atoms with Gasteiger partial charge in [-0.3, -0.25) is 9.78 Å². The lowest BCUT2D eigenvalue weighted by atomic mass is 10.0. The van der Waals surface area contributed by atoms with Crippen molar-refractivity contribution in [2.45, 2.75) is 6.42 Å². The summed E-state index contributed by atoms with van der Waals surface area (Å²) in [5.41, 5.74) is 6.06. The monoisotopic (exact) mass is 359 g/mol. The van der Waals surface area contributed by atoms with Gasteiger partial charge in [0.1, 0.15) is 17.3 Å². The number of ketones is 1. The second-order valence-electron chi connectivity index (χ2n) is 5.30. The van der Waals surface area contributed by atoms with Gasteiger partial charge in [0.15, 0.2) is 5.78 Å². The number of pyridine rings is 2. The fourth-order valence-electron chi connectivity index (χ4n) is 2.37. The van der Waals surface area contributed by atoms with Crippen LogP contribution in [0.3, 0.4) is 0 Å². The third-order valence-corrected chi connectivity index (χ3v) is 3.97. The van der Waals surface area contributed by atoms with Crippen LogP contribution in [0.25, 0.3) is 11.3 Å². The highest BCUT2D eigenvalue weighted by Crippen LogP contribution is 2.27. The molecule has 0 saturated heterocycles. The number of anilines is 1. The van der Waals surface area contributed by atoms with E-state index in [9.17, 15) is 13.6 Å². The Balaban J connectivity index is 2.00. The lowest BCUT2D eigenvalue weighted by Gasteiger charge is -2.09. The highest BCUT2D eigenvalue weighted by molar-refractivity contribution is 6.31. The summed E-state index contributed by atoms with van der Waals surface area (Å²) in [5, 5.41) is 0.387. The molecule has 0 aliphatic rings. The molecular formula is C18H12ClF2N3O. The van der Waals surface area contributed by atoms with E-state index in [1.54, 1.807) is 6.07 Å². The van der Waals surface area contributed by atoms with Gasteiger partial charge in [0.2, 0.25) is 0 Å². The van der Waals surface area contributed by atoms with Gasteiger partial charge >= 0.3 is 0 Å². The van der Waals surface area contributed by atoms with Crippen LogP contribution in [0.2, 0.25) is 5.02 Å². The summed E-state index contributed by atoms with van der Waals surface area (Å²) in [6, 6.07) is 7.81. The van der Waals surface area contributed by atoms with E-state index < -0.39 is 17.4 Å². The summed E-state index contributed by atoms with van der Waals surface area (Å²) in [7, 11) is 0. The van der Waals surface area contributed by atoms with Crippen LogP contribution in [0.15, 0.2) is 48.8 Å². The molecule has 2 aromatic heterocycles. The third-order valence-electron chi connectivity index (χ3n) is 3.60. The topological polar surface area (TPSA) is 68.9 Å². The Labute approximate surface area is 147 Å². The van der Waals surface area contributed by atoms with E-state index in [0.29, 0.717) is 10.6 Å². The molecule has 4 nitrogen and oxygen atoms in total. The number of nitrogens with two attached hydrogens (primary N) is 1. The molecule has 2 heterocycles. The summed E-state index contributed by atoms with van der Waals surface area (Å²) in [6.07, 6.45) is 2.90. The van der Waals surface area contributed by atoms with Crippen molar-refractivity contribution in [1.29, 1.82) is 0 Å². The van der Waals surface area contributed by atoms with Gasteiger partial charge in [-0.2, -0.15) is 0 Å². The first kappa shape index (κ1) is 17.0. The Kier molecular flexibility index (Phi) is 4.72. The number of carbonyl (C=O) groups excluding carboxylic acids is 1. The molecule has 0 saturated carbocycles. The van der Waals surface area contributed by atoms with Crippen molar-refractivity contribution in [2.75, 3.05) is 5.73 Å². The number of nitrogen functional groups attached to an aromatic ring is 1. The number of hydrogen-bond acceptors (Lipinski definition) is 4. The summed E-state index contributed by atoms with van der Waals surface area (Å²) in [4.78, 5) is 20.5. The fraction of sp³-hybridized carbons (Fsp3) is 0.0556. The Bertz CT molecular complexity index is 943. The molecule has 0 atom stereocenters. The van der Waals surface area contributed by atoms with Crippen LogP contribution in [0.1, 0.15) is 16.1 Å². The summed E-state index contributed by atoms with van der Waals surface area (Å²) >= 11 is 6.02. The van der Waals surface area contributed by atoms with Crippen LogP contribution in [-0.2, 0) is 6.42 Å². The molecule has 0 aliphatic carbocycles. The standard InChI is InChI=1S/C18H12ClF2N3O/c19-11-6-7-23-9-10(11)8-16(25)18-14(22)4-5-15(24-18)17-12(20)2-1-3-13(17)21/h1-7,9H,8,22H2. The molecule has 0 bridgehead atoms. The predicted octanol–water partition coefficient (Wildman–Crippen LogP) is 4.08. The van der Waals surface area contributed by atoms with E-state index in [1.807, 2.05) is 0 Å². The van der Waals surface area contributed by atoms with E-state index in [2.05, 4.69) is 9.97 Å². The van der Waals surface area contributed by atoms with Gasteiger partial charge in [-0.1, -0.05) is 17.7 Å². The highest BCUT2D eigenvalue weighted by atomic mass is 35.5. The molecule has 0 aliphatic heterocycles. The van der Waals surface area contributed by atoms with Crippen LogP contribution >= 0.6 is 11.6 Å². The first-order chi connectivity index (χ1) is 12.0. The third kappa shape index (κ3) is 3.49. The largest absolute Gasteiger partial charge is 0.397 e. The molecule has 0 fully saturated rings. The lowest BCUT2D eigenvalue weighted by Crippen LogP contribution is -2.11. The number of rotatable bonds is 4. The molecule has 25 heavy (non-hydrogen) atoms. The molecule has 126 valence electrons. The number of Topliss-reactive ketones (excluding diaryl/α,β-unsaturated/α-hetero) is 1. The zero-order valence-corrected chi connectivity index (χ0v) is 13.6. The van der Waals surface area contributed by atoms with Crippen molar-refractivity contribution in [2.24, 2.45) is 0 Å². The molecule has 3 aromatic rings. The maximum atomic E-state index is 13.9. The van der Waals surface area contributed by atoms with E-state index in [4.69, 9.17) is 17.3 Å². The van der Waals surface area contributed by atoms with Gasteiger partial charge in [-0.25, -0.2) is 13.8 Å². The van der Waals surface area contributed by atoms with Crippen molar-refractivity contribution in [3.63, 3.8) is 0 Å². The van der Waals surface area contributed by atoms with Crippen molar-refractivity contribution in [3.8, 4) is 11.3 Å². The molecule has 2 N–H and O–H groups in total. The fourth-order valence-corrected chi connectivity index (χ4v) is 2.54. The molecule has 7 heteroatoms. The van der Waals surface area contributed by atoms with E-state index in [-0.39, 0.29) is 29.1 Å². The summed E-state index contributed by atoms with van der Waals surface area (Å²) in [6.45, 7) is 0. The van der Waals surface area contributed by atoms with Crippen LogP contribution in [0.5, 0.6) is 0 Å². The van der Waals surface area contributed by atoms with E-state index >= 15 is 0 Å². The Morgan fingerprint density at radius 3 is 2.52 bits per heavy atom. The summed E-state index contributed by atoms with van der Waals surface area (Å²) < 4.78 is 27.9. The Morgan fingerprint density at radius 2 is 1.84 bits per heavy atom. The van der Waals surface area contributed by atoms with Crippen LogP contribution in [0.4, 0.5) is 14.5 Å². The van der Waals surface area contributed by atoms with Crippen LogP contribution in [-0.4, -0.2) is 15.8 Å². The van der Waals surface area contributed by atoms with Crippen molar-refractivity contribution in [3.05, 3.63) is 76.7 Å². The number of benzene rings is 1. The van der Waals surface area contributed by atoms with Gasteiger partial charge in [0, 0.05) is 23.8 Å². The zero-order valence-electron chi connectivity index (χ0n) is 12.8. The molecule has 3 rings (SSSR count). The van der Waals surface area contributed by atoms with Gasteiger partial charge in [-0.15, -0.1) is 0 Å². The molecule has 0 radical (unpaired) electrons. The van der Waals surface area contributed by atoms with Crippen LogP contribution in [0, 0.1) is 11.6 Å². The smallest absolute Gasteiger partial charge is 0.187 e. The molecule has 0 amide bonds. The minimum Gasteiger partial charge on any atom is -0.397 e. The Morgan fingerprint density at radius 1 is 1.12 bits per heavy atom. The normalized spacial score (nSPS) is 10.7. The highest BCUT2D eigenvalue weighted by Gasteiger charge is 2.18. The maximum absolute atomic E-state index is 13.9. The average Bonchev–Trinajstić information content (AvgIpc) is 2.58. The van der Waals surface area contributed by atoms with Gasteiger partial charge < -0.3 is 5.73 Å². The number of hydrogen-bond donors (Lipinski definition) is 1. The first-order valence-corrected chi connectivity index (χ1v) is 7.67. The quantitative estimate of drug-likeness (QED) is 0.712. The zero-order chi connectivity index (χ0) is 18.0. The SMILES string of the molecule is Nc1ccc(-c2c(F)cccc2F)nc1C(=O)Cc1cnccc1Cl. The Hall–Kier alpha value is -2.86. The summed E-state index contributed by atoms with van der Waals surface area (Å²) in [5.74, 6) is -1.97. The second-order valence-corrected chi connectivity index (χ2v) is 5.71. The van der Waals surface area contributed by atoms with E-state index in [1.165, 1.54) is 30.6 Å². The molecule has 0 spiro atoms. The minimum atomic E-state index is -0.772. The number of aromatic nitrogens is 2. The van der Waals surface area contributed by atoms with Crippen molar-refractivity contribution < 1.29 is 13.6 Å². The predicted molar refractivity (Wildman–Crippen MR) is 91.3 cm³/mol. The van der Waals surface area contributed by atoms with Gasteiger partial charge in [-0.05, 0) is 35.9 Å². The molecular weight excluding hydrogens is 348 g/mol.